The van der Waals surface area contributed by atoms with Crippen molar-refractivity contribution in [2.75, 3.05) is 12.4 Å². The van der Waals surface area contributed by atoms with Crippen molar-refractivity contribution in [3.8, 4) is 16.9 Å². The van der Waals surface area contributed by atoms with Gasteiger partial charge < -0.3 is 9.15 Å². The average molecular weight is 455 g/mol. The van der Waals surface area contributed by atoms with E-state index in [4.69, 9.17) is 9.15 Å². The first-order valence-electron chi connectivity index (χ1n) is 10.5. The van der Waals surface area contributed by atoms with Crippen LogP contribution in [-0.4, -0.2) is 18.0 Å². The van der Waals surface area contributed by atoms with Crippen LogP contribution in [0.15, 0.2) is 76.9 Å². The highest BCUT2D eigenvalue weighted by Gasteiger charge is 2.19. The lowest BCUT2D eigenvalue weighted by Crippen LogP contribution is -2.08. The van der Waals surface area contributed by atoms with Gasteiger partial charge in [-0.25, -0.2) is 4.98 Å². The Hall–Kier alpha value is -3.90. The zero-order valence-corrected chi connectivity index (χ0v) is 19.3. The van der Waals surface area contributed by atoms with Crippen LogP contribution in [0, 0.1) is 6.92 Å². The number of allylic oxidation sites excluding steroid dienone is 1. The van der Waals surface area contributed by atoms with Crippen molar-refractivity contribution in [1.29, 1.82) is 0 Å². The lowest BCUT2D eigenvalue weighted by atomic mass is 9.94. The molecule has 0 radical (unpaired) electrons. The molecule has 3 aromatic carbocycles. The number of methoxy groups -OCH3 is 1. The molecule has 5 aromatic rings. The Balaban J connectivity index is 1.65. The molecule has 0 atom stereocenters. The molecule has 6 heteroatoms. The van der Waals surface area contributed by atoms with Gasteiger partial charge in [0.1, 0.15) is 11.3 Å². The molecule has 0 unspecified atom stereocenters. The number of hydrogen-bond donors (Lipinski definition) is 1. The number of carbonyl (C=O) groups is 1. The van der Waals surface area contributed by atoms with Gasteiger partial charge in [-0.1, -0.05) is 42.5 Å². The van der Waals surface area contributed by atoms with E-state index in [0.29, 0.717) is 10.9 Å². The van der Waals surface area contributed by atoms with Gasteiger partial charge in [0.2, 0.25) is 5.91 Å². The average Bonchev–Trinajstić information content (AvgIpc) is 3.48. The third-order valence-corrected chi connectivity index (χ3v) is 6.45. The van der Waals surface area contributed by atoms with Gasteiger partial charge in [0.15, 0.2) is 5.13 Å². The Morgan fingerprint density at radius 2 is 1.94 bits per heavy atom. The number of anilines is 1. The van der Waals surface area contributed by atoms with Crippen LogP contribution in [0.3, 0.4) is 0 Å². The Morgan fingerprint density at radius 1 is 1.12 bits per heavy atom. The van der Waals surface area contributed by atoms with E-state index in [-0.39, 0.29) is 5.91 Å². The molecule has 0 aliphatic heterocycles. The van der Waals surface area contributed by atoms with Crippen LogP contribution >= 0.6 is 11.3 Å². The number of aromatic nitrogens is 1. The summed E-state index contributed by atoms with van der Waals surface area (Å²) in [5, 5.41) is 8.49. The fourth-order valence-electron chi connectivity index (χ4n) is 4.24. The summed E-state index contributed by atoms with van der Waals surface area (Å²) in [7, 11) is 1.63. The highest BCUT2D eigenvalue weighted by Crippen LogP contribution is 2.42. The minimum absolute atomic E-state index is 0.233. The number of nitrogens with zero attached hydrogens (tertiary/aromatic N) is 1. The summed E-state index contributed by atoms with van der Waals surface area (Å²) in [6, 6.07) is 16.6. The van der Waals surface area contributed by atoms with Crippen molar-refractivity contribution >= 4 is 49.7 Å². The number of nitrogens with one attached hydrogen (secondary N) is 1. The summed E-state index contributed by atoms with van der Waals surface area (Å²) in [6.45, 7) is 3.88. The van der Waals surface area contributed by atoms with E-state index in [1.165, 1.54) is 16.7 Å². The number of carbonyl (C=O) groups excluding carboxylic acids is 1. The molecule has 0 spiro atoms. The molecule has 0 bridgehead atoms. The number of aryl methyl sites for hydroxylation is 1. The van der Waals surface area contributed by atoms with Crippen molar-refractivity contribution < 1.29 is 13.9 Å². The summed E-state index contributed by atoms with van der Waals surface area (Å²) in [4.78, 5) is 16.7. The molecule has 33 heavy (non-hydrogen) atoms. The van der Waals surface area contributed by atoms with Crippen molar-refractivity contribution in [2.24, 2.45) is 0 Å². The predicted octanol–water partition coefficient (Wildman–Crippen LogP) is 7.07. The van der Waals surface area contributed by atoms with Crippen molar-refractivity contribution in [3.05, 3.63) is 83.6 Å². The summed E-state index contributed by atoms with van der Waals surface area (Å²) in [6.07, 6.45) is 5.03. The van der Waals surface area contributed by atoms with Gasteiger partial charge in [0.05, 0.1) is 13.4 Å². The third-order valence-electron chi connectivity index (χ3n) is 5.76. The third kappa shape index (κ3) is 3.79. The van der Waals surface area contributed by atoms with Gasteiger partial charge in [0, 0.05) is 39.7 Å². The lowest BCUT2D eigenvalue weighted by Gasteiger charge is -2.13. The van der Waals surface area contributed by atoms with Crippen LogP contribution in [0.1, 0.15) is 18.1 Å². The number of fused-ring (bicyclic) bond motifs is 2. The second kappa shape index (κ2) is 8.56. The first-order chi connectivity index (χ1) is 16.1. The molecule has 0 saturated heterocycles. The summed E-state index contributed by atoms with van der Waals surface area (Å²) in [5.74, 6) is 0.459. The maximum Gasteiger partial charge on any atom is 0.250 e. The Labute approximate surface area is 195 Å². The highest BCUT2D eigenvalue weighted by molar-refractivity contribution is 7.13. The molecule has 1 amide bonds. The molecule has 2 heterocycles. The van der Waals surface area contributed by atoms with E-state index < -0.39 is 0 Å². The topological polar surface area (TPSA) is 64.4 Å². The number of benzene rings is 3. The van der Waals surface area contributed by atoms with Crippen LogP contribution in [0.2, 0.25) is 0 Å². The van der Waals surface area contributed by atoms with Gasteiger partial charge in [-0.15, -0.1) is 11.3 Å². The molecule has 0 saturated carbocycles. The number of rotatable bonds is 5. The molecule has 0 fully saturated rings. The van der Waals surface area contributed by atoms with Gasteiger partial charge in [-0.2, -0.15) is 0 Å². The molecule has 1 N–H and O–H groups in total. The highest BCUT2D eigenvalue weighted by atomic mass is 32.1. The first kappa shape index (κ1) is 21.0. The number of amides is 1. The molecule has 2 aromatic heterocycles. The monoisotopic (exact) mass is 454 g/mol. The van der Waals surface area contributed by atoms with Gasteiger partial charge in [0.25, 0.3) is 0 Å². The standard InChI is InChI=1S/C27H22N2O3S/c1-16(13-24(30)29-27-28-11-12-33-27)21-14-22-23(15-32-26(22)17(2)25(21)31-3)20-10-6-8-18-7-4-5-9-19(18)20/h4-15H,1-3H3,(H,28,29,30)/b16-13+. The minimum Gasteiger partial charge on any atom is -0.496 e. The summed E-state index contributed by atoms with van der Waals surface area (Å²) >= 11 is 1.38. The van der Waals surface area contributed by atoms with E-state index in [1.54, 1.807) is 25.6 Å². The molecule has 164 valence electrons. The quantitative estimate of drug-likeness (QED) is 0.289. The number of hydrogen-bond acceptors (Lipinski definition) is 5. The van der Waals surface area contributed by atoms with Crippen LogP contribution in [0.4, 0.5) is 5.13 Å². The zero-order chi connectivity index (χ0) is 22.9. The van der Waals surface area contributed by atoms with E-state index >= 15 is 0 Å². The van der Waals surface area contributed by atoms with Crippen LogP contribution < -0.4 is 10.1 Å². The minimum atomic E-state index is -0.233. The Kier molecular flexibility index (Phi) is 5.44. The largest absolute Gasteiger partial charge is 0.496 e. The van der Waals surface area contributed by atoms with Gasteiger partial charge in [-0.3, -0.25) is 10.1 Å². The molecular weight excluding hydrogens is 432 g/mol. The lowest BCUT2D eigenvalue weighted by molar-refractivity contribution is -0.111. The van der Waals surface area contributed by atoms with Crippen molar-refractivity contribution in [1.82, 2.24) is 4.98 Å². The van der Waals surface area contributed by atoms with E-state index in [1.807, 2.05) is 37.4 Å². The van der Waals surface area contributed by atoms with E-state index in [2.05, 4.69) is 40.6 Å². The van der Waals surface area contributed by atoms with E-state index in [9.17, 15) is 4.79 Å². The SMILES string of the molecule is COc1c(/C(C)=C/C(=O)Nc2nccs2)cc2c(-c3cccc4ccccc34)coc2c1C. The van der Waals surface area contributed by atoms with E-state index in [0.717, 1.165) is 44.2 Å². The van der Waals surface area contributed by atoms with Crippen molar-refractivity contribution in [3.63, 3.8) is 0 Å². The molecule has 5 rings (SSSR count). The number of furan rings is 1. The first-order valence-corrected chi connectivity index (χ1v) is 11.4. The number of thiazole rings is 1. The summed E-state index contributed by atoms with van der Waals surface area (Å²) < 4.78 is 11.8. The summed E-state index contributed by atoms with van der Waals surface area (Å²) in [5.41, 5.74) is 5.41. The predicted molar refractivity (Wildman–Crippen MR) is 135 cm³/mol. The maximum absolute atomic E-state index is 12.5. The molecular formula is C27H22N2O3S. The van der Waals surface area contributed by atoms with Gasteiger partial charge in [-0.05, 0) is 41.8 Å². The van der Waals surface area contributed by atoms with Crippen LogP contribution in [0.25, 0.3) is 38.4 Å². The maximum atomic E-state index is 12.5. The second-order valence-corrected chi connectivity index (χ2v) is 8.68. The fourth-order valence-corrected chi connectivity index (χ4v) is 4.77. The fraction of sp³-hybridized carbons (Fsp3) is 0.111. The van der Waals surface area contributed by atoms with Crippen LogP contribution in [0.5, 0.6) is 5.75 Å². The Bertz CT molecular complexity index is 1510. The van der Waals surface area contributed by atoms with Crippen LogP contribution in [-0.2, 0) is 4.79 Å². The normalized spacial score (nSPS) is 11.8. The smallest absolute Gasteiger partial charge is 0.250 e. The molecule has 5 nitrogen and oxygen atoms in total. The number of ether oxygens (including phenoxy) is 1. The molecule has 0 aliphatic carbocycles. The van der Waals surface area contributed by atoms with Crippen molar-refractivity contribution in [2.45, 2.75) is 13.8 Å². The Morgan fingerprint density at radius 3 is 2.73 bits per heavy atom. The second-order valence-electron chi connectivity index (χ2n) is 7.79. The zero-order valence-electron chi connectivity index (χ0n) is 18.5. The molecule has 0 aliphatic rings. The van der Waals surface area contributed by atoms with Gasteiger partial charge >= 0.3 is 0 Å².